The molecule has 3 heteroatoms. The predicted octanol–water partition coefficient (Wildman–Crippen LogP) is 4.63. The molecule has 2 aromatic carbocycles. The van der Waals surface area contributed by atoms with Crippen LogP contribution in [0.2, 0.25) is 0 Å². The van der Waals surface area contributed by atoms with Crippen molar-refractivity contribution >= 4 is 5.69 Å². The molecule has 20 heavy (non-hydrogen) atoms. The van der Waals surface area contributed by atoms with Crippen molar-refractivity contribution in [2.75, 3.05) is 5.32 Å². The summed E-state index contributed by atoms with van der Waals surface area (Å²) in [6.07, 6.45) is 3.47. The molecule has 1 aliphatic carbocycles. The lowest BCUT2D eigenvalue weighted by Crippen LogP contribution is -2.09. The number of hydrogen-bond donors (Lipinski definition) is 1. The molecule has 104 valence electrons. The molecule has 1 atom stereocenters. The lowest BCUT2D eigenvalue weighted by molar-refractivity contribution is 0.510. The van der Waals surface area contributed by atoms with Crippen LogP contribution in [0.5, 0.6) is 0 Å². The molecule has 0 amide bonds. The van der Waals surface area contributed by atoms with Crippen LogP contribution in [0.4, 0.5) is 14.5 Å². The maximum Gasteiger partial charge on any atom is 0.181 e. The van der Waals surface area contributed by atoms with E-state index in [9.17, 15) is 8.78 Å². The third-order valence-electron chi connectivity index (χ3n) is 3.95. The highest BCUT2D eigenvalue weighted by Gasteiger charge is 2.15. The lowest BCUT2D eigenvalue weighted by Gasteiger charge is -2.17. The van der Waals surface area contributed by atoms with Crippen molar-refractivity contribution in [2.24, 2.45) is 0 Å². The second-order valence-corrected chi connectivity index (χ2v) is 5.35. The summed E-state index contributed by atoms with van der Waals surface area (Å²) in [5.74, 6) is -1.64. The molecule has 2 aromatic rings. The second-order valence-electron chi connectivity index (χ2n) is 5.35. The van der Waals surface area contributed by atoms with Gasteiger partial charge in [0.15, 0.2) is 11.6 Å². The van der Waals surface area contributed by atoms with Gasteiger partial charge >= 0.3 is 0 Å². The van der Waals surface area contributed by atoms with Crippen molar-refractivity contribution < 1.29 is 8.78 Å². The molecule has 1 unspecified atom stereocenters. The first-order valence-corrected chi connectivity index (χ1v) is 6.97. The Morgan fingerprint density at radius 1 is 1.05 bits per heavy atom. The number of aryl methyl sites for hydroxylation is 2. The topological polar surface area (TPSA) is 12.0 Å². The molecule has 1 nitrogen and oxygen atoms in total. The SMILES string of the molecule is CC(Nc1cccc(F)c1F)c1ccc2c(c1)CCC2. The number of benzene rings is 2. The Kier molecular flexibility index (Phi) is 3.43. The fourth-order valence-corrected chi connectivity index (χ4v) is 2.79. The largest absolute Gasteiger partial charge is 0.376 e. The Bertz CT molecular complexity index is 637. The molecule has 0 fully saturated rings. The van der Waals surface area contributed by atoms with E-state index < -0.39 is 11.6 Å². The van der Waals surface area contributed by atoms with E-state index in [-0.39, 0.29) is 11.7 Å². The quantitative estimate of drug-likeness (QED) is 0.860. The maximum absolute atomic E-state index is 13.7. The Morgan fingerprint density at radius 3 is 2.70 bits per heavy atom. The zero-order valence-electron chi connectivity index (χ0n) is 11.4. The summed E-state index contributed by atoms with van der Waals surface area (Å²) in [6.45, 7) is 1.96. The van der Waals surface area contributed by atoms with Crippen LogP contribution in [0.3, 0.4) is 0 Å². The summed E-state index contributed by atoms with van der Waals surface area (Å²) < 4.78 is 26.9. The fraction of sp³-hybridized carbons (Fsp3) is 0.294. The number of anilines is 1. The second kappa shape index (κ2) is 5.23. The molecule has 0 radical (unpaired) electrons. The summed E-state index contributed by atoms with van der Waals surface area (Å²) in [5.41, 5.74) is 4.11. The summed E-state index contributed by atoms with van der Waals surface area (Å²) >= 11 is 0. The molecule has 0 heterocycles. The molecular formula is C17H17F2N. The van der Waals surface area contributed by atoms with Crippen molar-refractivity contribution in [3.05, 3.63) is 64.7 Å². The first-order chi connectivity index (χ1) is 9.65. The average Bonchev–Trinajstić information content (AvgIpc) is 2.91. The number of rotatable bonds is 3. The van der Waals surface area contributed by atoms with Crippen LogP contribution < -0.4 is 5.32 Å². The highest BCUT2D eigenvalue weighted by Crippen LogP contribution is 2.28. The van der Waals surface area contributed by atoms with E-state index in [0.29, 0.717) is 0 Å². The van der Waals surface area contributed by atoms with Gasteiger partial charge in [0, 0.05) is 6.04 Å². The summed E-state index contributed by atoms with van der Waals surface area (Å²) in [5, 5.41) is 3.04. The predicted molar refractivity (Wildman–Crippen MR) is 76.9 cm³/mol. The van der Waals surface area contributed by atoms with E-state index in [0.717, 1.165) is 24.5 Å². The van der Waals surface area contributed by atoms with E-state index in [1.165, 1.54) is 23.6 Å². The third-order valence-corrected chi connectivity index (χ3v) is 3.95. The molecule has 0 aromatic heterocycles. The molecule has 1 N–H and O–H groups in total. The van der Waals surface area contributed by atoms with E-state index >= 15 is 0 Å². The van der Waals surface area contributed by atoms with Gasteiger partial charge in [-0.3, -0.25) is 0 Å². The van der Waals surface area contributed by atoms with Crippen molar-refractivity contribution in [1.29, 1.82) is 0 Å². The number of hydrogen-bond acceptors (Lipinski definition) is 1. The fourth-order valence-electron chi connectivity index (χ4n) is 2.79. The monoisotopic (exact) mass is 273 g/mol. The number of fused-ring (bicyclic) bond motifs is 1. The molecule has 0 saturated carbocycles. The molecule has 0 saturated heterocycles. The van der Waals surface area contributed by atoms with Crippen LogP contribution in [-0.4, -0.2) is 0 Å². The summed E-state index contributed by atoms with van der Waals surface area (Å²) in [6, 6.07) is 10.5. The Morgan fingerprint density at radius 2 is 1.85 bits per heavy atom. The van der Waals surface area contributed by atoms with Crippen molar-refractivity contribution in [1.82, 2.24) is 0 Å². The van der Waals surface area contributed by atoms with Gasteiger partial charge in [0.1, 0.15) is 0 Å². The molecule has 0 aliphatic heterocycles. The van der Waals surface area contributed by atoms with Gasteiger partial charge in [-0.1, -0.05) is 24.3 Å². The zero-order valence-corrected chi connectivity index (χ0v) is 11.4. The summed E-state index contributed by atoms with van der Waals surface area (Å²) in [4.78, 5) is 0. The van der Waals surface area contributed by atoms with Crippen LogP contribution in [-0.2, 0) is 12.8 Å². The molecule has 0 spiro atoms. The van der Waals surface area contributed by atoms with Gasteiger partial charge in [-0.25, -0.2) is 8.78 Å². The van der Waals surface area contributed by atoms with Crippen LogP contribution in [0.15, 0.2) is 36.4 Å². The van der Waals surface area contributed by atoms with Crippen LogP contribution in [0, 0.1) is 11.6 Å². The Labute approximate surface area is 117 Å². The first kappa shape index (κ1) is 13.1. The van der Waals surface area contributed by atoms with E-state index in [2.05, 4.69) is 23.5 Å². The Balaban J connectivity index is 1.82. The van der Waals surface area contributed by atoms with Gasteiger partial charge in [0.25, 0.3) is 0 Å². The average molecular weight is 273 g/mol. The number of halogens is 2. The highest BCUT2D eigenvalue weighted by atomic mass is 19.2. The Hall–Kier alpha value is -1.90. The van der Waals surface area contributed by atoms with Gasteiger partial charge in [0.05, 0.1) is 5.69 Å². The van der Waals surface area contributed by atoms with Crippen molar-refractivity contribution in [2.45, 2.75) is 32.2 Å². The summed E-state index contributed by atoms with van der Waals surface area (Å²) in [7, 11) is 0. The van der Waals surface area contributed by atoms with Crippen LogP contribution in [0.25, 0.3) is 0 Å². The minimum Gasteiger partial charge on any atom is -0.376 e. The van der Waals surface area contributed by atoms with Crippen LogP contribution in [0.1, 0.15) is 36.1 Å². The van der Waals surface area contributed by atoms with Crippen molar-refractivity contribution in [3.8, 4) is 0 Å². The molecular weight excluding hydrogens is 256 g/mol. The van der Waals surface area contributed by atoms with E-state index in [1.54, 1.807) is 6.07 Å². The standard InChI is InChI=1S/C17H17F2N/c1-11(20-16-7-3-6-15(18)17(16)19)13-9-8-12-4-2-5-14(12)10-13/h3,6-11,20H,2,4-5H2,1H3. The van der Waals surface area contributed by atoms with Gasteiger partial charge in [-0.2, -0.15) is 0 Å². The number of nitrogens with one attached hydrogen (secondary N) is 1. The molecule has 0 bridgehead atoms. The zero-order chi connectivity index (χ0) is 14.1. The normalized spacial score (nSPS) is 14.9. The van der Waals surface area contributed by atoms with E-state index in [1.807, 2.05) is 6.92 Å². The third kappa shape index (κ3) is 2.40. The lowest BCUT2D eigenvalue weighted by atomic mass is 10.0. The smallest absolute Gasteiger partial charge is 0.181 e. The van der Waals surface area contributed by atoms with Crippen molar-refractivity contribution in [3.63, 3.8) is 0 Å². The molecule has 1 aliphatic rings. The van der Waals surface area contributed by atoms with Crippen LogP contribution >= 0.6 is 0 Å². The van der Waals surface area contributed by atoms with Gasteiger partial charge in [-0.05, 0) is 55.0 Å². The highest BCUT2D eigenvalue weighted by molar-refractivity contribution is 5.48. The van der Waals surface area contributed by atoms with E-state index in [4.69, 9.17) is 0 Å². The van der Waals surface area contributed by atoms with Gasteiger partial charge in [0.2, 0.25) is 0 Å². The first-order valence-electron chi connectivity index (χ1n) is 6.97. The van der Waals surface area contributed by atoms with Gasteiger partial charge in [-0.15, -0.1) is 0 Å². The maximum atomic E-state index is 13.7. The van der Waals surface area contributed by atoms with Gasteiger partial charge < -0.3 is 5.32 Å². The minimum absolute atomic E-state index is 0.0581. The minimum atomic E-state index is -0.823. The molecule has 3 rings (SSSR count).